The fourth-order valence-corrected chi connectivity index (χ4v) is 2.79. The van der Waals surface area contributed by atoms with Crippen LogP contribution < -0.4 is 5.32 Å². The summed E-state index contributed by atoms with van der Waals surface area (Å²) in [6.07, 6.45) is 4.53. The first kappa shape index (κ1) is 15.5. The molecule has 2 N–H and O–H groups in total. The summed E-state index contributed by atoms with van der Waals surface area (Å²) in [5.74, 6) is 0. The SMILES string of the molecule is CC(CCc1ccccc1)NCC(O)CN1CCCC1. The molecule has 2 rings (SSSR count). The number of nitrogens with zero attached hydrogens (tertiary/aromatic N) is 1. The molecule has 1 saturated heterocycles. The summed E-state index contributed by atoms with van der Waals surface area (Å²) >= 11 is 0. The molecule has 0 spiro atoms. The smallest absolute Gasteiger partial charge is 0.0791 e. The van der Waals surface area contributed by atoms with Gasteiger partial charge < -0.3 is 15.3 Å². The summed E-state index contributed by atoms with van der Waals surface area (Å²) in [6, 6.07) is 11.0. The molecule has 112 valence electrons. The van der Waals surface area contributed by atoms with Crippen LogP contribution in [0.25, 0.3) is 0 Å². The van der Waals surface area contributed by atoms with Crippen molar-refractivity contribution >= 4 is 0 Å². The van der Waals surface area contributed by atoms with Crippen molar-refractivity contribution in [3.8, 4) is 0 Å². The van der Waals surface area contributed by atoms with E-state index in [2.05, 4.69) is 47.5 Å². The van der Waals surface area contributed by atoms with Crippen LogP contribution in [0.3, 0.4) is 0 Å². The summed E-state index contributed by atoms with van der Waals surface area (Å²) < 4.78 is 0. The predicted molar refractivity (Wildman–Crippen MR) is 83.9 cm³/mol. The average Bonchev–Trinajstić information content (AvgIpc) is 2.97. The van der Waals surface area contributed by atoms with E-state index in [1.807, 2.05) is 0 Å². The van der Waals surface area contributed by atoms with E-state index in [-0.39, 0.29) is 6.10 Å². The maximum atomic E-state index is 10.0. The molecule has 0 bridgehead atoms. The van der Waals surface area contributed by atoms with Crippen molar-refractivity contribution in [3.05, 3.63) is 35.9 Å². The Morgan fingerprint density at radius 1 is 1.20 bits per heavy atom. The minimum absolute atomic E-state index is 0.243. The van der Waals surface area contributed by atoms with E-state index in [1.54, 1.807) is 0 Å². The van der Waals surface area contributed by atoms with Crippen LogP contribution >= 0.6 is 0 Å². The maximum absolute atomic E-state index is 10.0. The number of benzene rings is 1. The van der Waals surface area contributed by atoms with E-state index in [9.17, 15) is 5.11 Å². The molecule has 2 unspecified atom stereocenters. The first-order valence-corrected chi connectivity index (χ1v) is 7.92. The molecule has 3 heteroatoms. The van der Waals surface area contributed by atoms with Crippen LogP contribution in [0.1, 0.15) is 31.7 Å². The molecular weight excluding hydrogens is 248 g/mol. The fourth-order valence-electron chi connectivity index (χ4n) is 2.79. The average molecular weight is 276 g/mol. The molecule has 2 atom stereocenters. The van der Waals surface area contributed by atoms with Crippen LogP contribution in [0, 0.1) is 0 Å². The van der Waals surface area contributed by atoms with Crippen molar-refractivity contribution in [3.63, 3.8) is 0 Å². The third kappa shape index (κ3) is 5.61. The van der Waals surface area contributed by atoms with Gasteiger partial charge in [-0.3, -0.25) is 0 Å². The number of rotatable bonds is 8. The number of hydrogen-bond donors (Lipinski definition) is 2. The van der Waals surface area contributed by atoms with Crippen LogP contribution in [0.2, 0.25) is 0 Å². The Morgan fingerprint density at radius 3 is 2.60 bits per heavy atom. The highest BCUT2D eigenvalue weighted by Crippen LogP contribution is 2.08. The first-order valence-electron chi connectivity index (χ1n) is 7.92. The number of aryl methyl sites for hydroxylation is 1. The third-order valence-electron chi connectivity index (χ3n) is 4.08. The van der Waals surface area contributed by atoms with Crippen molar-refractivity contribution in [2.75, 3.05) is 26.2 Å². The van der Waals surface area contributed by atoms with E-state index in [4.69, 9.17) is 0 Å². The number of likely N-dealkylation sites (tertiary alicyclic amines) is 1. The fraction of sp³-hybridized carbons (Fsp3) is 0.647. The van der Waals surface area contributed by atoms with E-state index >= 15 is 0 Å². The second-order valence-corrected chi connectivity index (χ2v) is 6.00. The first-order chi connectivity index (χ1) is 9.74. The predicted octanol–water partition coefficient (Wildman–Crippen LogP) is 2.05. The molecule has 0 aliphatic carbocycles. The zero-order valence-corrected chi connectivity index (χ0v) is 12.6. The van der Waals surface area contributed by atoms with E-state index in [0.29, 0.717) is 12.6 Å². The second-order valence-electron chi connectivity index (χ2n) is 6.00. The Labute approximate surface area is 123 Å². The lowest BCUT2D eigenvalue weighted by atomic mass is 10.1. The summed E-state index contributed by atoms with van der Waals surface area (Å²) in [5, 5.41) is 13.5. The summed E-state index contributed by atoms with van der Waals surface area (Å²) in [5.41, 5.74) is 1.39. The Morgan fingerprint density at radius 2 is 1.90 bits per heavy atom. The van der Waals surface area contributed by atoms with Gasteiger partial charge in [0.25, 0.3) is 0 Å². The molecule has 0 saturated carbocycles. The van der Waals surface area contributed by atoms with Gasteiger partial charge in [0.1, 0.15) is 0 Å². The molecule has 0 radical (unpaired) electrons. The second kappa shape index (κ2) is 8.40. The van der Waals surface area contributed by atoms with E-state index in [0.717, 1.165) is 32.5 Å². The van der Waals surface area contributed by atoms with Gasteiger partial charge in [-0.2, -0.15) is 0 Å². The van der Waals surface area contributed by atoms with Gasteiger partial charge in [-0.15, -0.1) is 0 Å². The highest BCUT2D eigenvalue weighted by molar-refractivity contribution is 5.14. The van der Waals surface area contributed by atoms with Crippen molar-refractivity contribution in [1.29, 1.82) is 0 Å². The topological polar surface area (TPSA) is 35.5 Å². The van der Waals surface area contributed by atoms with Gasteiger partial charge in [0, 0.05) is 19.1 Å². The van der Waals surface area contributed by atoms with Crippen molar-refractivity contribution in [1.82, 2.24) is 10.2 Å². The number of nitrogens with one attached hydrogen (secondary N) is 1. The number of aliphatic hydroxyl groups excluding tert-OH is 1. The molecule has 0 amide bonds. The zero-order valence-electron chi connectivity index (χ0n) is 12.6. The summed E-state index contributed by atoms with van der Waals surface area (Å²) in [6.45, 7) is 6.03. The van der Waals surface area contributed by atoms with Crippen LogP contribution in [-0.2, 0) is 6.42 Å². The molecule has 1 aliphatic heterocycles. The normalized spacial score (nSPS) is 19.1. The molecular formula is C17H28N2O. The maximum Gasteiger partial charge on any atom is 0.0791 e. The Bertz CT molecular complexity index is 363. The lowest BCUT2D eigenvalue weighted by molar-refractivity contribution is 0.120. The van der Waals surface area contributed by atoms with Crippen LogP contribution in [-0.4, -0.2) is 48.3 Å². The van der Waals surface area contributed by atoms with Crippen molar-refractivity contribution < 1.29 is 5.11 Å². The van der Waals surface area contributed by atoms with Gasteiger partial charge in [-0.25, -0.2) is 0 Å². The largest absolute Gasteiger partial charge is 0.390 e. The monoisotopic (exact) mass is 276 g/mol. The highest BCUT2D eigenvalue weighted by Gasteiger charge is 2.15. The Hall–Kier alpha value is -0.900. The molecule has 1 aromatic carbocycles. The molecule has 20 heavy (non-hydrogen) atoms. The molecule has 0 aromatic heterocycles. The lowest BCUT2D eigenvalue weighted by Crippen LogP contribution is -2.40. The van der Waals surface area contributed by atoms with Gasteiger partial charge in [0.2, 0.25) is 0 Å². The minimum atomic E-state index is -0.243. The van der Waals surface area contributed by atoms with Gasteiger partial charge in [-0.05, 0) is 51.3 Å². The number of aliphatic hydroxyl groups is 1. The van der Waals surface area contributed by atoms with Crippen molar-refractivity contribution in [2.45, 2.75) is 44.8 Å². The van der Waals surface area contributed by atoms with Gasteiger partial charge in [-0.1, -0.05) is 30.3 Å². The standard InChI is InChI=1S/C17H28N2O/c1-15(9-10-16-7-3-2-4-8-16)18-13-17(20)14-19-11-5-6-12-19/h2-4,7-8,15,17-18,20H,5-6,9-14H2,1H3. The summed E-state index contributed by atoms with van der Waals surface area (Å²) in [4.78, 5) is 2.36. The lowest BCUT2D eigenvalue weighted by Gasteiger charge is -2.21. The Balaban J connectivity index is 1.58. The molecule has 1 fully saturated rings. The van der Waals surface area contributed by atoms with E-state index < -0.39 is 0 Å². The quantitative estimate of drug-likeness (QED) is 0.763. The van der Waals surface area contributed by atoms with Crippen LogP contribution in [0.4, 0.5) is 0 Å². The van der Waals surface area contributed by atoms with Gasteiger partial charge in [0.05, 0.1) is 6.10 Å². The zero-order chi connectivity index (χ0) is 14.2. The molecule has 1 heterocycles. The molecule has 1 aromatic rings. The van der Waals surface area contributed by atoms with Gasteiger partial charge >= 0.3 is 0 Å². The van der Waals surface area contributed by atoms with Crippen molar-refractivity contribution in [2.24, 2.45) is 0 Å². The van der Waals surface area contributed by atoms with Gasteiger partial charge in [0.15, 0.2) is 0 Å². The minimum Gasteiger partial charge on any atom is -0.390 e. The van der Waals surface area contributed by atoms with E-state index in [1.165, 1.54) is 18.4 Å². The third-order valence-corrected chi connectivity index (χ3v) is 4.08. The molecule has 3 nitrogen and oxygen atoms in total. The number of β-amino-alcohol motifs (C(OH)–C–C–N with tert-alkyl or cyclic N) is 1. The Kier molecular flexibility index (Phi) is 6.51. The molecule has 1 aliphatic rings. The number of hydrogen-bond acceptors (Lipinski definition) is 3. The summed E-state index contributed by atoms with van der Waals surface area (Å²) in [7, 11) is 0. The highest BCUT2D eigenvalue weighted by atomic mass is 16.3. The van der Waals surface area contributed by atoms with Crippen LogP contribution in [0.5, 0.6) is 0 Å². The van der Waals surface area contributed by atoms with Crippen LogP contribution in [0.15, 0.2) is 30.3 Å².